The number of nitrogen functional groups attached to an aromatic ring is 1. The first-order chi connectivity index (χ1) is 9.31. The van der Waals surface area contributed by atoms with E-state index >= 15 is 0 Å². The Hall–Kier alpha value is -2.08. The standard InChI is InChI=1S/C14H16F2N4/c1-14(2,3)11-7-12(20-17)19-13(18-11)8-4-5-9(15)10(16)6-8/h4-7H,17H2,1-3H3,(H,18,19,20). The number of benzene rings is 1. The molecule has 2 rings (SSSR count). The maximum Gasteiger partial charge on any atom is 0.161 e. The molecule has 0 radical (unpaired) electrons. The lowest BCUT2D eigenvalue weighted by Gasteiger charge is -2.19. The second kappa shape index (κ2) is 5.13. The van der Waals surface area contributed by atoms with E-state index in [9.17, 15) is 8.78 Å². The van der Waals surface area contributed by atoms with Crippen molar-refractivity contribution in [2.24, 2.45) is 5.84 Å². The van der Waals surface area contributed by atoms with Gasteiger partial charge in [0.25, 0.3) is 0 Å². The summed E-state index contributed by atoms with van der Waals surface area (Å²) in [5.41, 5.74) is 3.38. The van der Waals surface area contributed by atoms with E-state index in [2.05, 4.69) is 15.4 Å². The third-order valence-electron chi connectivity index (χ3n) is 2.82. The highest BCUT2D eigenvalue weighted by Crippen LogP contribution is 2.26. The molecular weight excluding hydrogens is 262 g/mol. The molecule has 106 valence electrons. The lowest BCUT2D eigenvalue weighted by Crippen LogP contribution is -2.17. The van der Waals surface area contributed by atoms with Crippen LogP contribution >= 0.6 is 0 Å². The topological polar surface area (TPSA) is 63.8 Å². The van der Waals surface area contributed by atoms with Crippen LogP contribution < -0.4 is 11.3 Å². The summed E-state index contributed by atoms with van der Waals surface area (Å²) in [5.74, 6) is 4.26. The number of nitrogens with two attached hydrogens (primary N) is 1. The van der Waals surface area contributed by atoms with Crippen molar-refractivity contribution in [2.75, 3.05) is 5.43 Å². The zero-order valence-corrected chi connectivity index (χ0v) is 11.5. The minimum absolute atomic E-state index is 0.220. The van der Waals surface area contributed by atoms with Crippen LogP contribution in [-0.2, 0) is 5.41 Å². The SMILES string of the molecule is CC(C)(C)c1cc(NN)nc(-c2ccc(F)c(F)c2)n1. The average Bonchev–Trinajstić information content (AvgIpc) is 2.40. The van der Waals surface area contributed by atoms with Crippen LogP contribution in [0, 0.1) is 11.6 Å². The van der Waals surface area contributed by atoms with E-state index in [1.165, 1.54) is 6.07 Å². The molecule has 1 aromatic carbocycles. The zero-order chi connectivity index (χ0) is 14.9. The van der Waals surface area contributed by atoms with Crippen molar-refractivity contribution in [3.05, 3.63) is 41.6 Å². The second-order valence-corrected chi connectivity index (χ2v) is 5.49. The van der Waals surface area contributed by atoms with E-state index in [0.29, 0.717) is 17.2 Å². The largest absolute Gasteiger partial charge is 0.308 e. The molecular formula is C14H16F2N4. The molecule has 0 fully saturated rings. The summed E-state index contributed by atoms with van der Waals surface area (Å²) in [6, 6.07) is 5.27. The van der Waals surface area contributed by atoms with Crippen LogP contribution in [0.2, 0.25) is 0 Å². The normalized spacial score (nSPS) is 11.5. The van der Waals surface area contributed by atoms with Gasteiger partial charge in [-0.25, -0.2) is 24.6 Å². The monoisotopic (exact) mass is 278 g/mol. The van der Waals surface area contributed by atoms with E-state index < -0.39 is 11.6 Å². The number of nitrogens with zero attached hydrogens (tertiary/aromatic N) is 2. The van der Waals surface area contributed by atoms with Gasteiger partial charge in [0.05, 0.1) is 5.69 Å². The molecule has 3 N–H and O–H groups in total. The van der Waals surface area contributed by atoms with Crippen LogP contribution in [-0.4, -0.2) is 9.97 Å². The van der Waals surface area contributed by atoms with Gasteiger partial charge in [0.1, 0.15) is 5.82 Å². The summed E-state index contributed by atoms with van der Waals surface area (Å²) < 4.78 is 26.3. The number of aromatic nitrogens is 2. The number of nitrogens with one attached hydrogen (secondary N) is 1. The van der Waals surface area contributed by atoms with Crippen LogP contribution in [0.15, 0.2) is 24.3 Å². The Morgan fingerprint density at radius 2 is 1.75 bits per heavy atom. The Kier molecular flexibility index (Phi) is 3.67. The van der Waals surface area contributed by atoms with E-state index in [4.69, 9.17) is 5.84 Å². The van der Waals surface area contributed by atoms with Gasteiger partial charge in [-0.15, -0.1) is 0 Å². The Bertz CT molecular complexity index is 636. The van der Waals surface area contributed by atoms with Crippen LogP contribution in [0.3, 0.4) is 0 Å². The van der Waals surface area contributed by atoms with Crippen molar-refractivity contribution in [3.63, 3.8) is 0 Å². The van der Waals surface area contributed by atoms with Crippen molar-refractivity contribution in [3.8, 4) is 11.4 Å². The lowest BCUT2D eigenvalue weighted by molar-refractivity contribution is 0.509. The first kappa shape index (κ1) is 14.3. The van der Waals surface area contributed by atoms with Gasteiger partial charge in [0.2, 0.25) is 0 Å². The third-order valence-corrected chi connectivity index (χ3v) is 2.82. The van der Waals surface area contributed by atoms with Crippen molar-refractivity contribution in [2.45, 2.75) is 26.2 Å². The molecule has 0 bridgehead atoms. The number of halogens is 2. The highest BCUT2D eigenvalue weighted by molar-refractivity contribution is 5.58. The molecule has 1 aromatic heterocycles. The molecule has 0 aliphatic rings. The number of rotatable bonds is 2. The number of anilines is 1. The summed E-state index contributed by atoms with van der Waals surface area (Å²) in [7, 11) is 0. The summed E-state index contributed by atoms with van der Waals surface area (Å²) in [4.78, 5) is 8.57. The summed E-state index contributed by atoms with van der Waals surface area (Å²) in [6.45, 7) is 5.97. The van der Waals surface area contributed by atoms with Crippen molar-refractivity contribution in [1.29, 1.82) is 0 Å². The Morgan fingerprint density at radius 3 is 2.30 bits per heavy atom. The molecule has 0 saturated carbocycles. The van der Waals surface area contributed by atoms with Crippen molar-refractivity contribution in [1.82, 2.24) is 9.97 Å². The summed E-state index contributed by atoms with van der Waals surface area (Å²) >= 11 is 0. The predicted molar refractivity (Wildman–Crippen MR) is 73.9 cm³/mol. The Morgan fingerprint density at radius 1 is 1.05 bits per heavy atom. The van der Waals surface area contributed by atoms with Crippen molar-refractivity contribution >= 4 is 5.82 Å². The summed E-state index contributed by atoms with van der Waals surface area (Å²) in [6.07, 6.45) is 0. The van der Waals surface area contributed by atoms with Gasteiger partial charge in [0.15, 0.2) is 17.5 Å². The Balaban J connectivity index is 2.58. The molecule has 0 saturated heterocycles. The third kappa shape index (κ3) is 2.91. The van der Waals surface area contributed by atoms with Gasteiger partial charge in [0, 0.05) is 17.0 Å². The number of hydrogen-bond donors (Lipinski definition) is 2. The van der Waals surface area contributed by atoms with Gasteiger partial charge < -0.3 is 5.43 Å². The number of hydrogen-bond acceptors (Lipinski definition) is 4. The quantitative estimate of drug-likeness (QED) is 0.654. The van der Waals surface area contributed by atoms with Gasteiger partial charge in [-0.1, -0.05) is 20.8 Å². The van der Waals surface area contributed by atoms with Crippen LogP contribution in [0.5, 0.6) is 0 Å². The van der Waals surface area contributed by atoms with Crippen LogP contribution in [0.4, 0.5) is 14.6 Å². The molecule has 4 nitrogen and oxygen atoms in total. The molecule has 0 amide bonds. The van der Waals surface area contributed by atoms with Crippen molar-refractivity contribution < 1.29 is 8.78 Å². The molecule has 1 heterocycles. The van der Waals surface area contributed by atoms with E-state index in [-0.39, 0.29) is 5.41 Å². The van der Waals surface area contributed by atoms with Gasteiger partial charge in [-0.2, -0.15) is 0 Å². The molecule has 0 atom stereocenters. The molecule has 0 aliphatic heterocycles. The van der Waals surface area contributed by atoms with Gasteiger partial charge in [-0.05, 0) is 18.2 Å². The lowest BCUT2D eigenvalue weighted by atomic mass is 9.92. The van der Waals surface area contributed by atoms with E-state index in [0.717, 1.165) is 17.8 Å². The Labute approximate surface area is 116 Å². The second-order valence-electron chi connectivity index (χ2n) is 5.49. The highest BCUT2D eigenvalue weighted by atomic mass is 19.2. The van der Waals surface area contributed by atoms with Crippen LogP contribution in [0.25, 0.3) is 11.4 Å². The molecule has 0 spiro atoms. The fourth-order valence-electron chi connectivity index (χ4n) is 1.67. The molecule has 2 aromatic rings. The number of hydrazine groups is 1. The maximum absolute atomic E-state index is 13.3. The van der Waals surface area contributed by atoms with Gasteiger partial charge >= 0.3 is 0 Å². The smallest absolute Gasteiger partial charge is 0.161 e. The van der Waals surface area contributed by atoms with Crippen LogP contribution in [0.1, 0.15) is 26.5 Å². The van der Waals surface area contributed by atoms with Gasteiger partial charge in [-0.3, -0.25) is 0 Å². The van der Waals surface area contributed by atoms with E-state index in [1.807, 2.05) is 20.8 Å². The maximum atomic E-state index is 13.3. The fourth-order valence-corrected chi connectivity index (χ4v) is 1.67. The first-order valence-corrected chi connectivity index (χ1v) is 6.13. The minimum Gasteiger partial charge on any atom is -0.308 e. The molecule has 6 heteroatoms. The predicted octanol–water partition coefficient (Wildman–Crippen LogP) is 3.00. The fraction of sp³-hybridized carbons (Fsp3) is 0.286. The summed E-state index contributed by atoms with van der Waals surface area (Å²) in [5, 5.41) is 0. The average molecular weight is 278 g/mol. The first-order valence-electron chi connectivity index (χ1n) is 6.13. The molecule has 0 unspecified atom stereocenters. The van der Waals surface area contributed by atoms with E-state index in [1.54, 1.807) is 6.07 Å². The molecule has 20 heavy (non-hydrogen) atoms. The zero-order valence-electron chi connectivity index (χ0n) is 11.5. The minimum atomic E-state index is -0.936. The highest BCUT2D eigenvalue weighted by Gasteiger charge is 2.18. The molecule has 0 aliphatic carbocycles.